The number of nitrogens with two attached hydrogens (primary N) is 1. The van der Waals surface area contributed by atoms with E-state index in [4.69, 9.17) is 10.8 Å². The summed E-state index contributed by atoms with van der Waals surface area (Å²) in [4.78, 5) is 0. The molecule has 0 bridgehead atoms. The highest BCUT2D eigenvalue weighted by Gasteiger charge is 1.43. The molecule has 0 saturated carbocycles. The molecule has 38 valence electrons. The Morgan fingerprint density at radius 1 is 1.83 bits per heavy atom. The first-order valence-corrected chi connectivity index (χ1v) is 1.67. The molecule has 0 aliphatic carbocycles. The van der Waals surface area contributed by atoms with E-state index >= 15 is 0 Å². The lowest BCUT2D eigenvalue weighted by atomic mass is 10.7. The van der Waals surface area contributed by atoms with Crippen LogP contribution in [0.3, 0.4) is 0 Å². The second-order valence-electron chi connectivity index (χ2n) is 0.524. The molecule has 2 heteroatoms. The molecule has 0 radical (unpaired) electrons. The van der Waals surface area contributed by atoms with Gasteiger partial charge in [-0.1, -0.05) is 6.08 Å². The Labute approximate surface area is 38.3 Å². The van der Waals surface area contributed by atoms with E-state index in [-0.39, 0.29) is 0 Å². The van der Waals surface area contributed by atoms with Gasteiger partial charge in [0.05, 0.1) is 0 Å². The number of rotatable bonds is 1. The zero-order chi connectivity index (χ0) is 5.41. The van der Waals surface area contributed by atoms with Crippen molar-refractivity contribution < 1.29 is 5.11 Å². The van der Waals surface area contributed by atoms with Gasteiger partial charge in [0.25, 0.3) is 0 Å². The van der Waals surface area contributed by atoms with Crippen LogP contribution >= 0.6 is 0 Å². The van der Waals surface area contributed by atoms with Crippen molar-refractivity contribution in [1.29, 1.82) is 0 Å². The number of hydrogen-bond acceptors (Lipinski definition) is 2. The van der Waals surface area contributed by atoms with Crippen LogP contribution in [0.2, 0.25) is 0 Å². The van der Waals surface area contributed by atoms with Crippen LogP contribution in [0.15, 0.2) is 12.7 Å². The summed E-state index contributed by atoms with van der Waals surface area (Å²) in [6.45, 7) is 3.94. The highest BCUT2D eigenvalue weighted by molar-refractivity contribution is 4.64. The molecule has 6 heavy (non-hydrogen) atoms. The minimum atomic E-state index is 0.583. The fraction of sp³-hybridized carbons (Fsp3) is 0.500. The van der Waals surface area contributed by atoms with E-state index < -0.39 is 0 Å². The summed E-state index contributed by atoms with van der Waals surface area (Å²) in [6, 6.07) is 0. The molecule has 2 nitrogen and oxygen atoms in total. The van der Waals surface area contributed by atoms with Crippen molar-refractivity contribution in [3.8, 4) is 0 Å². The molecule has 3 N–H and O–H groups in total. The van der Waals surface area contributed by atoms with Crippen molar-refractivity contribution in [3.63, 3.8) is 0 Å². The van der Waals surface area contributed by atoms with Crippen LogP contribution in [0.4, 0.5) is 0 Å². The van der Waals surface area contributed by atoms with E-state index in [9.17, 15) is 0 Å². The monoisotopic (exact) mass is 89.1 g/mol. The summed E-state index contributed by atoms with van der Waals surface area (Å²) in [5.74, 6) is 0. The molecule has 0 rings (SSSR count). The molecular weight excluding hydrogens is 78.0 g/mol. The van der Waals surface area contributed by atoms with Gasteiger partial charge in [-0.05, 0) is 0 Å². The second-order valence-corrected chi connectivity index (χ2v) is 0.524. The lowest BCUT2D eigenvalue weighted by Crippen LogP contribution is -1.90. The van der Waals surface area contributed by atoms with Gasteiger partial charge in [0.1, 0.15) is 0 Å². The molecule has 0 fully saturated rings. The standard InChI is InChI=1S/C3H7N.CH4O/c1-2-3-4;1-2/h2H,1,3-4H2;2H,1H3. The minimum Gasteiger partial charge on any atom is -0.400 e. The Morgan fingerprint density at radius 2 is 2.00 bits per heavy atom. The fourth-order valence-corrected chi connectivity index (χ4v) is 0. The Kier molecular flexibility index (Phi) is 34.6. The van der Waals surface area contributed by atoms with Crippen molar-refractivity contribution in [2.45, 2.75) is 0 Å². The highest BCUT2D eigenvalue weighted by Crippen LogP contribution is 1.40. The van der Waals surface area contributed by atoms with E-state index in [1.165, 1.54) is 0 Å². The summed E-state index contributed by atoms with van der Waals surface area (Å²) in [7, 11) is 1.00. The molecule has 0 aromatic rings. The van der Waals surface area contributed by atoms with E-state index in [2.05, 4.69) is 6.58 Å². The van der Waals surface area contributed by atoms with Gasteiger partial charge in [0.15, 0.2) is 0 Å². The first-order chi connectivity index (χ1) is 2.91. The SMILES string of the molecule is C=CCN.CO. The largest absolute Gasteiger partial charge is 0.400 e. The first-order valence-electron chi connectivity index (χ1n) is 1.67. The molecule has 0 amide bonds. The molecule has 0 aromatic carbocycles. The van der Waals surface area contributed by atoms with Crippen molar-refractivity contribution in [1.82, 2.24) is 0 Å². The predicted molar refractivity (Wildman–Crippen MR) is 27.4 cm³/mol. The van der Waals surface area contributed by atoms with Crippen molar-refractivity contribution in [3.05, 3.63) is 12.7 Å². The topological polar surface area (TPSA) is 46.2 Å². The number of aliphatic hydroxyl groups excluding tert-OH is 1. The molecule has 0 unspecified atom stereocenters. The van der Waals surface area contributed by atoms with Crippen LogP contribution in [-0.2, 0) is 0 Å². The fourth-order valence-electron chi connectivity index (χ4n) is 0. The number of aliphatic hydroxyl groups is 1. The quantitative estimate of drug-likeness (QED) is 0.435. The van der Waals surface area contributed by atoms with Crippen LogP contribution in [0.5, 0.6) is 0 Å². The zero-order valence-corrected chi connectivity index (χ0v) is 4.02. The summed E-state index contributed by atoms with van der Waals surface area (Å²) < 4.78 is 0. The number of hydrogen-bond donors (Lipinski definition) is 2. The normalized spacial score (nSPS) is 5.17. The predicted octanol–water partition coefficient (Wildman–Crippen LogP) is -0.260. The van der Waals surface area contributed by atoms with Gasteiger partial charge in [-0.25, -0.2) is 0 Å². The van der Waals surface area contributed by atoms with E-state index in [0.717, 1.165) is 7.11 Å². The van der Waals surface area contributed by atoms with E-state index in [0.29, 0.717) is 6.54 Å². The molecule has 0 heterocycles. The molecule has 0 aliphatic heterocycles. The third-order valence-corrected chi connectivity index (χ3v) is 0.167. The van der Waals surface area contributed by atoms with Crippen molar-refractivity contribution >= 4 is 0 Å². The van der Waals surface area contributed by atoms with Crippen LogP contribution in [0, 0.1) is 0 Å². The maximum absolute atomic E-state index is 7.00. The van der Waals surface area contributed by atoms with Crippen LogP contribution in [0.1, 0.15) is 0 Å². The molecule has 0 spiro atoms. The van der Waals surface area contributed by atoms with Gasteiger partial charge in [-0.3, -0.25) is 0 Å². The Hall–Kier alpha value is -0.340. The van der Waals surface area contributed by atoms with Gasteiger partial charge in [0.2, 0.25) is 0 Å². The lowest BCUT2D eigenvalue weighted by molar-refractivity contribution is 0.399. The van der Waals surface area contributed by atoms with Crippen LogP contribution in [-0.4, -0.2) is 18.8 Å². The van der Waals surface area contributed by atoms with Crippen molar-refractivity contribution in [2.24, 2.45) is 5.73 Å². The smallest absolute Gasteiger partial charge is 0.0319 e. The van der Waals surface area contributed by atoms with Gasteiger partial charge in [-0.15, -0.1) is 6.58 Å². The average molecular weight is 89.1 g/mol. The van der Waals surface area contributed by atoms with Gasteiger partial charge in [0, 0.05) is 13.7 Å². The molecule has 0 aliphatic rings. The Balaban J connectivity index is 0. The van der Waals surface area contributed by atoms with Gasteiger partial charge < -0.3 is 10.8 Å². The zero-order valence-electron chi connectivity index (χ0n) is 4.02. The maximum Gasteiger partial charge on any atom is 0.0319 e. The van der Waals surface area contributed by atoms with Crippen LogP contribution < -0.4 is 5.73 Å². The van der Waals surface area contributed by atoms with E-state index in [1.54, 1.807) is 6.08 Å². The molecule has 0 aromatic heterocycles. The molecule has 0 atom stereocenters. The minimum absolute atomic E-state index is 0.583. The molecular formula is C4H11NO. The summed E-state index contributed by atoms with van der Waals surface area (Å²) in [5.41, 5.74) is 4.91. The maximum atomic E-state index is 7.00. The summed E-state index contributed by atoms with van der Waals surface area (Å²) >= 11 is 0. The first kappa shape index (κ1) is 9.18. The van der Waals surface area contributed by atoms with Crippen molar-refractivity contribution in [2.75, 3.05) is 13.7 Å². The average Bonchev–Trinajstić information content (AvgIpc) is 1.72. The van der Waals surface area contributed by atoms with Gasteiger partial charge in [-0.2, -0.15) is 0 Å². The second kappa shape index (κ2) is 22.7. The Morgan fingerprint density at radius 3 is 2.00 bits per heavy atom. The van der Waals surface area contributed by atoms with Crippen LogP contribution in [0.25, 0.3) is 0 Å². The highest BCUT2D eigenvalue weighted by atomic mass is 16.2. The third-order valence-electron chi connectivity index (χ3n) is 0.167. The lowest BCUT2D eigenvalue weighted by Gasteiger charge is -1.61. The Bertz CT molecular complexity index is 21.5. The van der Waals surface area contributed by atoms with E-state index in [1.807, 2.05) is 0 Å². The summed E-state index contributed by atoms with van der Waals surface area (Å²) in [5, 5.41) is 7.00. The molecule has 0 saturated heterocycles. The van der Waals surface area contributed by atoms with Gasteiger partial charge >= 0.3 is 0 Å². The third kappa shape index (κ3) is 59.5. The summed E-state index contributed by atoms with van der Waals surface area (Å²) in [6.07, 6.45) is 1.65.